The number of benzene rings is 3. The molecule has 0 heterocycles. The summed E-state index contributed by atoms with van der Waals surface area (Å²) < 4.78 is 24.2. The van der Waals surface area contributed by atoms with E-state index in [1.54, 1.807) is 24.3 Å². The van der Waals surface area contributed by atoms with Crippen molar-refractivity contribution in [3.05, 3.63) is 101 Å². The predicted molar refractivity (Wildman–Crippen MR) is 124 cm³/mol. The van der Waals surface area contributed by atoms with Crippen molar-refractivity contribution in [2.45, 2.75) is 19.4 Å². The van der Waals surface area contributed by atoms with E-state index in [9.17, 15) is 18.8 Å². The molecule has 3 aromatic rings. The number of ether oxygens (including phenoxy) is 2. The number of aryl methyl sites for hydroxylation is 1. The van der Waals surface area contributed by atoms with Crippen molar-refractivity contribution in [1.29, 1.82) is 0 Å². The lowest BCUT2D eigenvalue weighted by atomic mass is 9.97. The molecular formula is C26H25FN2O5. The van der Waals surface area contributed by atoms with Gasteiger partial charge in [-0.25, -0.2) is 9.18 Å². The summed E-state index contributed by atoms with van der Waals surface area (Å²) in [7, 11) is 0. The quantitative estimate of drug-likeness (QED) is 0.448. The molecule has 176 valence electrons. The highest BCUT2D eigenvalue weighted by Crippen LogP contribution is 2.24. The molecule has 2 amide bonds. The Hall–Kier alpha value is -4.20. The lowest BCUT2D eigenvalue weighted by Crippen LogP contribution is -2.33. The van der Waals surface area contributed by atoms with Crippen LogP contribution in [0.2, 0.25) is 0 Å². The van der Waals surface area contributed by atoms with Crippen molar-refractivity contribution in [2.24, 2.45) is 5.73 Å². The lowest BCUT2D eigenvalue weighted by molar-refractivity contribution is -0.124. The first-order valence-electron chi connectivity index (χ1n) is 10.7. The largest absolute Gasteiger partial charge is 0.483 e. The fourth-order valence-corrected chi connectivity index (χ4v) is 3.31. The van der Waals surface area contributed by atoms with E-state index >= 15 is 0 Å². The SMILES string of the molecule is CCc1ccc([C@@H](NC(=O)COC(=O)c2ccccc2OCC(N)=O)c2cccc(F)c2)cc1. The van der Waals surface area contributed by atoms with Crippen LogP contribution in [0.5, 0.6) is 5.75 Å². The van der Waals surface area contributed by atoms with Gasteiger partial charge in [0.25, 0.3) is 11.8 Å². The third-order valence-electron chi connectivity index (χ3n) is 5.02. The van der Waals surface area contributed by atoms with Crippen LogP contribution in [0.25, 0.3) is 0 Å². The molecule has 3 N–H and O–H groups in total. The normalized spacial score (nSPS) is 11.4. The van der Waals surface area contributed by atoms with Gasteiger partial charge in [0.15, 0.2) is 13.2 Å². The van der Waals surface area contributed by atoms with Gasteiger partial charge in [-0.15, -0.1) is 0 Å². The molecule has 3 aromatic carbocycles. The first-order chi connectivity index (χ1) is 16.4. The highest BCUT2D eigenvalue weighted by Gasteiger charge is 2.20. The van der Waals surface area contributed by atoms with Crippen molar-refractivity contribution in [3.63, 3.8) is 0 Å². The van der Waals surface area contributed by atoms with Gasteiger partial charge >= 0.3 is 5.97 Å². The average Bonchev–Trinajstić information content (AvgIpc) is 2.84. The molecule has 0 fully saturated rings. The smallest absolute Gasteiger partial charge is 0.342 e. The Morgan fingerprint density at radius 2 is 1.68 bits per heavy atom. The Morgan fingerprint density at radius 1 is 0.941 bits per heavy atom. The third-order valence-corrected chi connectivity index (χ3v) is 5.02. The maximum absolute atomic E-state index is 13.9. The number of hydrogen-bond acceptors (Lipinski definition) is 5. The number of para-hydroxylation sites is 1. The zero-order valence-electron chi connectivity index (χ0n) is 18.6. The number of rotatable bonds is 10. The maximum Gasteiger partial charge on any atom is 0.342 e. The van der Waals surface area contributed by atoms with Crippen molar-refractivity contribution in [2.75, 3.05) is 13.2 Å². The predicted octanol–water partition coefficient (Wildman–Crippen LogP) is 3.31. The van der Waals surface area contributed by atoms with Crippen LogP contribution in [-0.4, -0.2) is 31.0 Å². The minimum absolute atomic E-state index is 0.0494. The Morgan fingerprint density at radius 3 is 2.35 bits per heavy atom. The topological polar surface area (TPSA) is 108 Å². The first kappa shape index (κ1) is 24.4. The minimum atomic E-state index is -0.801. The Balaban J connectivity index is 1.71. The van der Waals surface area contributed by atoms with E-state index in [-0.39, 0.29) is 11.3 Å². The zero-order chi connectivity index (χ0) is 24.5. The Bertz CT molecular complexity index is 1160. The molecular weight excluding hydrogens is 439 g/mol. The summed E-state index contributed by atoms with van der Waals surface area (Å²) in [6.07, 6.45) is 0.859. The first-order valence-corrected chi connectivity index (χ1v) is 10.7. The van der Waals surface area contributed by atoms with E-state index in [1.807, 2.05) is 31.2 Å². The monoisotopic (exact) mass is 464 g/mol. The van der Waals surface area contributed by atoms with Crippen molar-refractivity contribution < 1.29 is 28.2 Å². The van der Waals surface area contributed by atoms with Crippen LogP contribution in [0, 0.1) is 5.82 Å². The molecule has 0 aliphatic heterocycles. The number of esters is 1. The standard InChI is InChI=1S/C26H25FN2O5/c1-2-17-10-12-18(13-11-17)25(19-6-5-7-20(27)14-19)29-24(31)16-34-26(32)21-8-3-4-9-22(21)33-15-23(28)30/h3-14,25H,2,15-16H2,1H3,(H2,28,30)(H,29,31)/t25-/m1/s1. The fourth-order valence-electron chi connectivity index (χ4n) is 3.31. The second-order valence-electron chi connectivity index (χ2n) is 7.48. The molecule has 1 atom stereocenters. The molecule has 0 bridgehead atoms. The fraction of sp³-hybridized carbons (Fsp3) is 0.192. The summed E-state index contributed by atoms with van der Waals surface area (Å²) >= 11 is 0. The van der Waals surface area contributed by atoms with E-state index in [4.69, 9.17) is 15.2 Å². The van der Waals surface area contributed by atoms with Crippen LogP contribution in [0.3, 0.4) is 0 Å². The second kappa shape index (κ2) is 11.6. The summed E-state index contributed by atoms with van der Waals surface area (Å²) in [6.45, 7) is 1.06. The van der Waals surface area contributed by atoms with Crippen molar-refractivity contribution in [3.8, 4) is 5.75 Å². The van der Waals surface area contributed by atoms with Crippen LogP contribution in [0.1, 0.15) is 40.0 Å². The van der Waals surface area contributed by atoms with Gasteiger partial charge < -0.3 is 20.5 Å². The summed E-state index contributed by atoms with van der Waals surface area (Å²) in [6, 6.07) is 19.1. The van der Waals surface area contributed by atoms with Crippen molar-refractivity contribution in [1.82, 2.24) is 5.32 Å². The molecule has 3 rings (SSSR count). The number of nitrogens with one attached hydrogen (secondary N) is 1. The van der Waals surface area contributed by atoms with E-state index in [0.29, 0.717) is 5.56 Å². The summed E-state index contributed by atoms with van der Waals surface area (Å²) in [5.41, 5.74) is 7.56. The summed E-state index contributed by atoms with van der Waals surface area (Å²) in [4.78, 5) is 36.1. The van der Waals surface area contributed by atoms with Gasteiger partial charge in [-0.1, -0.05) is 55.5 Å². The molecule has 0 saturated carbocycles. The van der Waals surface area contributed by atoms with Crippen molar-refractivity contribution >= 4 is 17.8 Å². The number of amides is 2. The van der Waals surface area contributed by atoms with Gasteiger partial charge in [0.2, 0.25) is 0 Å². The molecule has 7 nitrogen and oxygen atoms in total. The van der Waals surface area contributed by atoms with Crippen LogP contribution in [0.4, 0.5) is 4.39 Å². The lowest BCUT2D eigenvalue weighted by Gasteiger charge is -2.20. The van der Waals surface area contributed by atoms with Gasteiger partial charge in [0.05, 0.1) is 6.04 Å². The number of nitrogens with two attached hydrogens (primary N) is 1. The molecule has 0 unspecified atom stereocenters. The molecule has 0 aliphatic rings. The number of hydrogen-bond donors (Lipinski definition) is 2. The second-order valence-corrected chi connectivity index (χ2v) is 7.48. The van der Waals surface area contributed by atoms with Crippen LogP contribution < -0.4 is 15.8 Å². The van der Waals surface area contributed by atoms with Crippen LogP contribution in [-0.2, 0) is 20.7 Å². The Labute approximate surface area is 196 Å². The van der Waals surface area contributed by atoms with E-state index in [0.717, 1.165) is 17.5 Å². The number of primary amides is 1. The van der Waals surface area contributed by atoms with E-state index in [1.165, 1.54) is 24.3 Å². The van der Waals surface area contributed by atoms with Gasteiger partial charge in [0.1, 0.15) is 17.1 Å². The van der Waals surface area contributed by atoms with Crippen LogP contribution >= 0.6 is 0 Å². The van der Waals surface area contributed by atoms with E-state index in [2.05, 4.69) is 5.32 Å². The van der Waals surface area contributed by atoms with Gasteiger partial charge in [-0.05, 0) is 47.4 Å². The van der Waals surface area contributed by atoms with Crippen LogP contribution in [0.15, 0.2) is 72.8 Å². The highest BCUT2D eigenvalue weighted by molar-refractivity contribution is 5.94. The Kier molecular flexibility index (Phi) is 8.34. The van der Waals surface area contributed by atoms with Gasteiger partial charge in [0, 0.05) is 0 Å². The number of halogens is 1. The molecule has 0 radical (unpaired) electrons. The summed E-state index contributed by atoms with van der Waals surface area (Å²) in [5, 5.41) is 2.80. The molecule has 0 spiro atoms. The molecule has 8 heteroatoms. The molecule has 0 aliphatic carbocycles. The molecule has 0 aromatic heterocycles. The molecule has 0 saturated heterocycles. The van der Waals surface area contributed by atoms with Gasteiger partial charge in [-0.3, -0.25) is 9.59 Å². The maximum atomic E-state index is 13.9. The van der Waals surface area contributed by atoms with E-state index < -0.39 is 42.9 Å². The zero-order valence-corrected chi connectivity index (χ0v) is 18.6. The number of carbonyl (C=O) groups is 3. The molecule has 34 heavy (non-hydrogen) atoms. The minimum Gasteiger partial charge on any atom is -0.483 e. The highest BCUT2D eigenvalue weighted by atomic mass is 19.1. The summed E-state index contributed by atoms with van der Waals surface area (Å²) in [5.74, 6) is -2.39. The van der Waals surface area contributed by atoms with Gasteiger partial charge in [-0.2, -0.15) is 0 Å². The third kappa shape index (κ3) is 6.65. The number of carbonyl (C=O) groups excluding carboxylic acids is 3. The average molecular weight is 464 g/mol.